The summed E-state index contributed by atoms with van der Waals surface area (Å²) in [6.45, 7) is 8.74. The molecule has 2 saturated carbocycles. The summed E-state index contributed by atoms with van der Waals surface area (Å²) in [6.07, 6.45) is -9.17. The van der Waals surface area contributed by atoms with Crippen molar-refractivity contribution in [2.75, 3.05) is 6.61 Å². The molecule has 1 aromatic rings. The lowest BCUT2D eigenvalue weighted by Crippen LogP contribution is -2.74. The van der Waals surface area contributed by atoms with Gasteiger partial charge in [-0.05, 0) is 41.2 Å². The standard InChI is InChI=1S/C30H35F17O2Si/c1-20(2,3)50(18-10-8-7-9-11-18,49-19-16-17-12-13-22(19,6)21(17,4)5)48-15-14-23(31,32)24(33,34)25(35,36)26(37,38)27(39,40)28(41,42)29(43,44)30(45,46)47/h7-11,17,19H,12-16H2,1-6H3/t17-,19+,22+,50?/m0/s1. The van der Waals surface area contributed by atoms with Crippen LogP contribution in [0.1, 0.15) is 67.2 Å². The lowest BCUT2D eigenvalue weighted by Gasteiger charge is -2.48. The molecule has 20 heteroatoms. The number of alkyl halides is 17. The van der Waals surface area contributed by atoms with Gasteiger partial charge in [0.1, 0.15) is 0 Å². The highest BCUT2D eigenvalue weighted by atomic mass is 28.4. The molecule has 0 aliphatic heterocycles. The van der Waals surface area contributed by atoms with Crippen molar-refractivity contribution in [1.82, 2.24) is 0 Å². The average molecular weight is 779 g/mol. The summed E-state index contributed by atoms with van der Waals surface area (Å²) < 4.78 is 247. The summed E-state index contributed by atoms with van der Waals surface area (Å²) in [6, 6.07) is 7.38. The highest BCUT2D eigenvalue weighted by molar-refractivity contribution is 6.83. The Balaban J connectivity index is 2.00. The fourth-order valence-electron chi connectivity index (χ4n) is 6.85. The highest BCUT2D eigenvalue weighted by Gasteiger charge is 2.95. The van der Waals surface area contributed by atoms with Crippen molar-refractivity contribution in [2.45, 2.75) is 126 Å². The van der Waals surface area contributed by atoms with Crippen LogP contribution in [0.5, 0.6) is 0 Å². The summed E-state index contributed by atoms with van der Waals surface area (Å²) in [5.74, 6) is -56.6. The first-order valence-electron chi connectivity index (χ1n) is 15.1. The van der Waals surface area contributed by atoms with Crippen molar-refractivity contribution in [1.29, 1.82) is 0 Å². The largest absolute Gasteiger partial charge is 0.460 e. The van der Waals surface area contributed by atoms with Crippen molar-refractivity contribution in [3.63, 3.8) is 0 Å². The number of fused-ring (bicyclic) bond motifs is 2. The smallest absolute Gasteiger partial charge is 0.390 e. The maximum Gasteiger partial charge on any atom is 0.460 e. The van der Waals surface area contributed by atoms with Crippen molar-refractivity contribution >= 4 is 13.7 Å². The summed E-state index contributed by atoms with van der Waals surface area (Å²) >= 11 is 0. The molecule has 0 aromatic heterocycles. The molecule has 3 rings (SSSR count). The van der Waals surface area contributed by atoms with Gasteiger partial charge in [-0.3, -0.25) is 0 Å². The van der Waals surface area contributed by atoms with E-state index in [1.165, 1.54) is 51.1 Å². The molecule has 2 bridgehead atoms. The van der Waals surface area contributed by atoms with E-state index in [0.717, 1.165) is 6.42 Å². The van der Waals surface area contributed by atoms with Crippen LogP contribution >= 0.6 is 0 Å². The van der Waals surface area contributed by atoms with Gasteiger partial charge in [0.15, 0.2) is 0 Å². The Hall–Kier alpha value is -1.83. The minimum Gasteiger partial charge on any atom is -0.390 e. The molecule has 4 atom stereocenters. The number of benzene rings is 1. The number of rotatable bonds is 13. The molecule has 0 amide bonds. The molecular weight excluding hydrogens is 743 g/mol. The Kier molecular flexibility index (Phi) is 10.3. The van der Waals surface area contributed by atoms with E-state index in [2.05, 4.69) is 0 Å². The maximum atomic E-state index is 14.9. The zero-order valence-corrected chi connectivity index (χ0v) is 28.3. The molecule has 1 unspecified atom stereocenters. The molecule has 1 aromatic carbocycles. The van der Waals surface area contributed by atoms with Gasteiger partial charge in [-0.25, -0.2) is 0 Å². The molecule has 2 nitrogen and oxygen atoms in total. The van der Waals surface area contributed by atoms with Crippen LogP contribution in [0.2, 0.25) is 5.04 Å². The predicted octanol–water partition coefficient (Wildman–Crippen LogP) is 10.8. The molecule has 2 fully saturated rings. The highest BCUT2D eigenvalue weighted by Crippen LogP contribution is 2.67. The maximum absolute atomic E-state index is 14.9. The van der Waals surface area contributed by atoms with Gasteiger partial charge in [0.05, 0.1) is 6.10 Å². The summed E-state index contributed by atoms with van der Waals surface area (Å²) in [5.41, 5.74) is -0.832. The Bertz CT molecular complexity index is 1370. The zero-order valence-electron chi connectivity index (χ0n) is 27.3. The lowest BCUT2D eigenvalue weighted by atomic mass is 9.70. The van der Waals surface area contributed by atoms with Crippen LogP contribution in [0.15, 0.2) is 30.3 Å². The van der Waals surface area contributed by atoms with Gasteiger partial charge in [-0.15, -0.1) is 0 Å². The van der Waals surface area contributed by atoms with Crippen molar-refractivity contribution in [3.05, 3.63) is 30.3 Å². The van der Waals surface area contributed by atoms with E-state index >= 15 is 0 Å². The zero-order chi connectivity index (χ0) is 39.2. The van der Waals surface area contributed by atoms with E-state index in [1.54, 1.807) is 0 Å². The fourth-order valence-corrected chi connectivity index (χ4v) is 10.7. The molecule has 50 heavy (non-hydrogen) atoms. The summed E-state index contributed by atoms with van der Waals surface area (Å²) in [5, 5.41) is -0.945. The van der Waals surface area contributed by atoms with E-state index in [0.29, 0.717) is 12.8 Å². The van der Waals surface area contributed by atoms with Gasteiger partial charge in [-0.2, -0.15) is 74.6 Å². The third-order valence-electron chi connectivity index (χ3n) is 10.7. The summed E-state index contributed by atoms with van der Waals surface area (Å²) in [7, 11) is -4.24. The van der Waals surface area contributed by atoms with Crippen LogP contribution in [0, 0.1) is 16.7 Å². The Morgan fingerprint density at radius 2 is 1.10 bits per heavy atom. The first-order chi connectivity index (χ1) is 22.0. The van der Waals surface area contributed by atoms with Crippen LogP contribution in [0.25, 0.3) is 0 Å². The van der Waals surface area contributed by atoms with Gasteiger partial charge >= 0.3 is 56.2 Å². The molecule has 0 N–H and O–H groups in total. The van der Waals surface area contributed by atoms with Crippen LogP contribution in [0.3, 0.4) is 0 Å². The second-order valence-electron chi connectivity index (χ2n) is 14.7. The van der Waals surface area contributed by atoms with Crippen LogP contribution in [-0.2, 0) is 8.85 Å². The fraction of sp³-hybridized carbons (Fsp3) is 0.800. The van der Waals surface area contributed by atoms with Gasteiger partial charge in [0.2, 0.25) is 0 Å². The molecule has 290 valence electrons. The molecular formula is C30H35F17O2Si. The average Bonchev–Trinajstić information content (AvgIpc) is 3.28. The van der Waals surface area contributed by atoms with E-state index < -0.39 is 85.8 Å². The monoisotopic (exact) mass is 778 g/mol. The first kappa shape index (κ1) is 42.6. The Morgan fingerprint density at radius 1 is 0.660 bits per heavy atom. The molecule has 0 saturated heterocycles. The Morgan fingerprint density at radius 3 is 1.48 bits per heavy atom. The van der Waals surface area contributed by atoms with Crippen LogP contribution in [-0.4, -0.2) is 68.9 Å². The van der Waals surface area contributed by atoms with E-state index in [4.69, 9.17) is 8.85 Å². The minimum atomic E-state index is -8.67. The van der Waals surface area contributed by atoms with Crippen LogP contribution < -0.4 is 5.19 Å². The van der Waals surface area contributed by atoms with Gasteiger partial charge in [0.25, 0.3) is 0 Å². The van der Waals surface area contributed by atoms with E-state index in [1.807, 2.05) is 20.8 Å². The molecule has 2 aliphatic carbocycles. The van der Waals surface area contributed by atoms with Gasteiger partial charge < -0.3 is 8.85 Å². The number of hydrogen-bond donors (Lipinski definition) is 0. The second-order valence-corrected chi connectivity index (χ2v) is 18.5. The Labute approximate surface area is 277 Å². The first-order valence-corrected chi connectivity index (χ1v) is 16.9. The topological polar surface area (TPSA) is 18.5 Å². The molecule has 0 radical (unpaired) electrons. The number of halogens is 17. The summed E-state index contributed by atoms with van der Waals surface area (Å²) in [4.78, 5) is 0. The minimum absolute atomic E-state index is 0.133. The van der Waals surface area contributed by atoms with Crippen molar-refractivity contribution in [3.8, 4) is 0 Å². The van der Waals surface area contributed by atoms with E-state index in [9.17, 15) is 74.6 Å². The van der Waals surface area contributed by atoms with Crippen molar-refractivity contribution < 1.29 is 83.5 Å². The SMILES string of the molecule is CC1(C)[C@H]2CC[C@]1(C)[C@H](O[Si](OCCC(F)(F)C(F)(F)C(F)(F)C(F)(F)C(F)(F)C(F)(F)C(F)(F)C(F)(F)F)(c1ccccc1)C(C)(C)C)C2. The molecule has 0 heterocycles. The van der Waals surface area contributed by atoms with Crippen molar-refractivity contribution in [2.24, 2.45) is 16.7 Å². The lowest BCUT2D eigenvalue weighted by molar-refractivity contribution is -0.461. The molecule has 2 aliphatic rings. The number of hydrogen-bond acceptors (Lipinski definition) is 2. The van der Waals surface area contributed by atoms with Gasteiger partial charge in [0, 0.05) is 18.1 Å². The quantitative estimate of drug-likeness (QED) is 0.147. The van der Waals surface area contributed by atoms with E-state index in [-0.39, 0.29) is 16.5 Å². The third-order valence-corrected chi connectivity index (χ3v) is 15.0. The second kappa shape index (κ2) is 12.1. The molecule has 0 spiro atoms. The van der Waals surface area contributed by atoms with Crippen LogP contribution in [0.4, 0.5) is 74.6 Å². The predicted molar refractivity (Wildman–Crippen MR) is 147 cm³/mol. The third kappa shape index (κ3) is 5.73. The normalized spacial score (nSPS) is 25.6. The van der Waals surface area contributed by atoms with Gasteiger partial charge in [-0.1, -0.05) is 71.9 Å².